The van der Waals surface area contributed by atoms with E-state index in [0.29, 0.717) is 17.4 Å². The molecule has 152 valence electrons. The van der Waals surface area contributed by atoms with E-state index in [1.165, 1.54) is 45.6 Å². The molecule has 0 saturated heterocycles. The lowest BCUT2D eigenvalue weighted by Crippen LogP contribution is -2.13. The fourth-order valence-corrected chi connectivity index (χ4v) is 4.82. The van der Waals surface area contributed by atoms with Crippen LogP contribution in [0.2, 0.25) is 0 Å². The van der Waals surface area contributed by atoms with E-state index in [9.17, 15) is 9.59 Å². The summed E-state index contributed by atoms with van der Waals surface area (Å²) in [7, 11) is 0. The van der Waals surface area contributed by atoms with Gasteiger partial charge in [-0.25, -0.2) is 9.97 Å². The molecule has 1 aromatic carbocycles. The lowest BCUT2D eigenvalue weighted by molar-refractivity contribution is -0.142. The second-order valence-corrected chi connectivity index (χ2v) is 9.20. The molecule has 1 amide bonds. The van der Waals surface area contributed by atoms with Crippen molar-refractivity contribution < 1.29 is 14.3 Å². The molecule has 0 aliphatic carbocycles. The van der Waals surface area contributed by atoms with Crippen LogP contribution in [0.3, 0.4) is 0 Å². The van der Waals surface area contributed by atoms with Crippen molar-refractivity contribution in [2.24, 2.45) is 0 Å². The van der Waals surface area contributed by atoms with Crippen LogP contribution in [0.25, 0.3) is 11.3 Å². The molecule has 0 radical (unpaired) electrons. The summed E-state index contributed by atoms with van der Waals surface area (Å²) in [6.45, 7) is 6.27. The smallest absolute Gasteiger partial charge is 0.311 e. The van der Waals surface area contributed by atoms with E-state index in [-0.39, 0.29) is 24.1 Å². The van der Waals surface area contributed by atoms with E-state index in [1.807, 2.05) is 16.8 Å². The molecule has 0 aliphatic heterocycles. The number of nitrogens with one attached hydrogen (secondary N) is 1. The quantitative estimate of drug-likeness (QED) is 0.397. The van der Waals surface area contributed by atoms with Gasteiger partial charge in [0, 0.05) is 16.3 Å². The van der Waals surface area contributed by atoms with E-state index >= 15 is 0 Å². The van der Waals surface area contributed by atoms with Crippen molar-refractivity contribution in [1.82, 2.24) is 9.97 Å². The zero-order valence-corrected chi connectivity index (χ0v) is 18.8. The number of carbonyl (C=O) groups excluding carboxylic acids is 2. The Morgan fingerprint density at radius 3 is 2.72 bits per heavy atom. The van der Waals surface area contributed by atoms with E-state index in [4.69, 9.17) is 4.74 Å². The number of hydrogen-bond acceptors (Lipinski definition) is 8. The molecule has 0 fully saturated rings. The molecular weight excluding hydrogens is 426 g/mol. The van der Waals surface area contributed by atoms with Crippen molar-refractivity contribution >= 4 is 51.4 Å². The molecule has 2 heterocycles. The summed E-state index contributed by atoms with van der Waals surface area (Å²) in [4.78, 5) is 32.6. The number of thioether (sulfide) groups is 1. The second kappa shape index (κ2) is 10.00. The molecule has 0 atom stereocenters. The monoisotopic (exact) mass is 447 g/mol. The number of anilines is 1. The Hall–Kier alpha value is -2.23. The van der Waals surface area contributed by atoms with Gasteiger partial charge in [0.25, 0.3) is 0 Å². The molecule has 0 unspecified atom stereocenters. The lowest BCUT2D eigenvalue weighted by atomic mass is 10.1. The molecule has 0 spiro atoms. The van der Waals surface area contributed by atoms with Gasteiger partial charge in [0.05, 0.1) is 30.2 Å². The first-order valence-electron chi connectivity index (χ1n) is 9.00. The molecule has 2 aromatic heterocycles. The Bertz CT molecular complexity index is 1010. The van der Waals surface area contributed by atoms with Crippen LogP contribution in [0.5, 0.6) is 0 Å². The number of benzene rings is 1. The van der Waals surface area contributed by atoms with E-state index < -0.39 is 0 Å². The predicted octanol–water partition coefficient (Wildman–Crippen LogP) is 4.72. The van der Waals surface area contributed by atoms with Crippen LogP contribution < -0.4 is 5.32 Å². The number of rotatable bonds is 8. The van der Waals surface area contributed by atoms with Crippen LogP contribution in [-0.4, -0.2) is 34.2 Å². The standard InChI is InChI=1S/C20H21N3O3S3/c1-4-26-18(25)8-15-9-28-20(21-15)29-11-17(24)23-19-22-16(10-27-19)14-6-5-12(2)13(3)7-14/h5-7,9-10H,4,8,11H2,1-3H3,(H,22,23,24). The van der Waals surface area contributed by atoms with Crippen molar-refractivity contribution in [2.75, 3.05) is 17.7 Å². The van der Waals surface area contributed by atoms with Gasteiger partial charge < -0.3 is 10.1 Å². The number of esters is 1. The van der Waals surface area contributed by atoms with Gasteiger partial charge in [-0.1, -0.05) is 23.9 Å². The average Bonchev–Trinajstić information content (AvgIpc) is 3.32. The van der Waals surface area contributed by atoms with Gasteiger partial charge in [0.2, 0.25) is 5.91 Å². The highest BCUT2D eigenvalue weighted by Crippen LogP contribution is 2.27. The summed E-state index contributed by atoms with van der Waals surface area (Å²) in [5.74, 6) is -0.209. The normalized spacial score (nSPS) is 10.7. The van der Waals surface area contributed by atoms with Crippen molar-refractivity contribution in [1.29, 1.82) is 0 Å². The van der Waals surface area contributed by atoms with Crippen LogP contribution in [0, 0.1) is 13.8 Å². The number of thiazole rings is 2. The first kappa shape index (κ1) is 21.5. The molecule has 9 heteroatoms. The van der Waals surface area contributed by atoms with Crippen LogP contribution in [0.1, 0.15) is 23.7 Å². The highest BCUT2D eigenvalue weighted by molar-refractivity contribution is 8.01. The minimum Gasteiger partial charge on any atom is -0.466 e. The summed E-state index contributed by atoms with van der Waals surface area (Å²) < 4.78 is 5.66. The molecule has 6 nitrogen and oxygen atoms in total. The van der Waals surface area contributed by atoms with Crippen LogP contribution >= 0.6 is 34.4 Å². The number of aryl methyl sites for hydroxylation is 2. The van der Waals surface area contributed by atoms with Crippen LogP contribution in [0.15, 0.2) is 33.3 Å². The molecule has 3 aromatic rings. The summed E-state index contributed by atoms with van der Waals surface area (Å²) in [5, 5.41) is 7.16. The van der Waals surface area contributed by atoms with Gasteiger partial charge in [0.1, 0.15) is 0 Å². The number of aromatic nitrogens is 2. The summed E-state index contributed by atoms with van der Waals surface area (Å²) in [6.07, 6.45) is 0.150. The largest absolute Gasteiger partial charge is 0.466 e. The fraction of sp³-hybridized carbons (Fsp3) is 0.300. The molecule has 1 N–H and O–H groups in total. The Balaban J connectivity index is 1.51. The molecular formula is C20H21N3O3S3. The average molecular weight is 448 g/mol. The number of nitrogens with zero attached hydrogens (tertiary/aromatic N) is 2. The molecule has 3 rings (SSSR count). The van der Waals surface area contributed by atoms with Gasteiger partial charge in [-0.3, -0.25) is 9.59 Å². The first-order valence-corrected chi connectivity index (χ1v) is 11.7. The third-order valence-corrected chi connectivity index (χ3v) is 6.87. The van der Waals surface area contributed by atoms with Gasteiger partial charge in [-0.15, -0.1) is 22.7 Å². The Morgan fingerprint density at radius 1 is 1.14 bits per heavy atom. The Morgan fingerprint density at radius 2 is 1.97 bits per heavy atom. The zero-order valence-electron chi connectivity index (χ0n) is 16.4. The SMILES string of the molecule is CCOC(=O)Cc1csc(SCC(=O)Nc2nc(-c3ccc(C)c(C)c3)cs2)n1. The fourth-order valence-electron chi connectivity index (χ4n) is 2.44. The van der Waals surface area contributed by atoms with Gasteiger partial charge >= 0.3 is 5.97 Å². The van der Waals surface area contributed by atoms with Gasteiger partial charge in [-0.05, 0) is 38.0 Å². The highest BCUT2D eigenvalue weighted by atomic mass is 32.2. The summed E-state index contributed by atoms with van der Waals surface area (Å²) in [5.41, 5.74) is 5.00. The van der Waals surface area contributed by atoms with Crippen LogP contribution in [0.4, 0.5) is 5.13 Å². The lowest BCUT2D eigenvalue weighted by Gasteiger charge is -2.02. The maximum absolute atomic E-state index is 12.2. The minimum atomic E-state index is -0.296. The minimum absolute atomic E-state index is 0.141. The third kappa shape index (κ3) is 6.12. The summed E-state index contributed by atoms with van der Waals surface area (Å²) >= 11 is 4.15. The maximum atomic E-state index is 12.2. The van der Waals surface area contributed by atoms with Crippen molar-refractivity contribution in [3.63, 3.8) is 0 Å². The van der Waals surface area contributed by atoms with Gasteiger partial charge in [-0.2, -0.15) is 0 Å². The summed E-state index contributed by atoms with van der Waals surface area (Å²) in [6, 6.07) is 6.21. The zero-order chi connectivity index (χ0) is 20.8. The van der Waals surface area contributed by atoms with E-state index in [2.05, 4.69) is 41.3 Å². The van der Waals surface area contributed by atoms with E-state index in [0.717, 1.165) is 15.6 Å². The maximum Gasteiger partial charge on any atom is 0.311 e. The molecule has 0 aliphatic rings. The third-order valence-electron chi connectivity index (χ3n) is 4.04. The number of hydrogen-bond donors (Lipinski definition) is 1. The molecule has 0 bridgehead atoms. The predicted molar refractivity (Wildman–Crippen MR) is 119 cm³/mol. The van der Waals surface area contributed by atoms with Crippen molar-refractivity contribution in [3.05, 3.63) is 45.8 Å². The molecule has 29 heavy (non-hydrogen) atoms. The number of carbonyl (C=O) groups is 2. The second-order valence-electron chi connectivity index (χ2n) is 6.26. The highest BCUT2D eigenvalue weighted by Gasteiger charge is 2.12. The Labute approximate surface area is 181 Å². The van der Waals surface area contributed by atoms with E-state index in [1.54, 1.807) is 6.92 Å². The van der Waals surface area contributed by atoms with Gasteiger partial charge in [0.15, 0.2) is 9.47 Å². The van der Waals surface area contributed by atoms with Crippen molar-refractivity contribution in [3.8, 4) is 11.3 Å². The molecule has 0 saturated carbocycles. The van der Waals surface area contributed by atoms with Crippen molar-refractivity contribution in [2.45, 2.75) is 31.5 Å². The number of amides is 1. The first-order chi connectivity index (χ1) is 13.9. The topological polar surface area (TPSA) is 81.2 Å². The number of ether oxygens (including phenoxy) is 1. The Kier molecular flexibility index (Phi) is 7.40. The van der Waals surface area contributed by atoms with Crippen LogP contribution in [-0.2, 0) is 20.7 Å².